The van der Waals surface area contributed by atoms with Crippen LogP contribution in [0.2, 0.25) is 0 Å². The van der Waals surface area contributed by atoms with Crippen molar-refractivity contribution < 1.29 is 9.26 Å². The highest BCUT2D eigenvalue weighted by Crippen LogP contribution is 2.38. The Morgan fingerprint density at radius 3 is 2.95 bits per heavy atom. The first kappa shape index (κ1) is 14.0. The maximum absolute atomic E-state index is 6.19. The minimum Gasteiger partial charge on any atom is -0.481 e. The molecule has 0 saturated heterocycles. The summed E-state index contributed by atoms with van der Waals surface area (Å²) in [5.74, 6) is 1.92. The van der Waals surface area contributed by atoms with Crippen molar-refractivity contribution in [2.24, 2.45) is 5.73 Å². The molecule has 0 radical (unpaired) electrons. The quantitative estimate of drug-likeness (QED) is 0.923. The molecule has 1 aliphatic rings. The van der Waals surface area contributed by atoms with Crippen molar-refractivity contribution in [1.29, 1.82) is 0 Å². The van der Waals surface area contributed by atoms with Crippen LogP contribution in [0.15, 0.2) is 22.9 Å². The molecule has 1 aliphatic carbocycles. The van der Waals surface area contributed by atoms with E-state index in [0.717, 1.165) is 24.8 Å². The van der Waals surface area contributed by atoms with Gasteiger partial charge in [-0.1, -0.05) is 17.6 Å². The second kappa shape index (κ2) is 5.44. The molecule has 2 N–H and O–H groups in total. The van der Waals surface area contributed by atoms with Crippen molar-refractivity contribution in [3.05, 3.63) is 35.6 Å². The molecule has 3 rings (SSSR count). The fourth-order valence-electron chi connectivity index (χ4n) is 2.84. The Bertz CT molecular complexity index is 610. The highest BCUT2D eigenvalue weighted by atomic mass is 16.5. The molecule has 0 spiro atoms. The molecule has 21 heavy (non-hydrogen) atoms. The Balaban J connectivity index is 1.75. The smallest absolute Gasteiger partial charge is 0.234 e. The highest BCUT2D eigenvalue weighted by molar-refractivity contribution is 5.21. The number of hydrogen-bond acceptors (Lipinski definition) is 6. The van der Waals surface area contributed by atoms with Gasteiger partial charge in [0.15, 0.2) is 5.82 Å². The normalized spacial score (nSPS) is 25.2. The molecular formula is C15H20N4O2. The van der Waals surface area contributed by atoms with Crippen LogP contribution in [0, 0.1) is 0 Å². The number of pyridine rings is 1. The molecule has 1 fully saturated rings. The third-order valence-corrected chi connectivity index (χ3v) is 4.36. The summed E-state index contributed by atoms with van der Waals surface area (Å²) in [5.41, 5.74) is 7.01. The first-order valence-electron chi connectivity index (χ1n) is 7.19. The van der Waals surface area contributed by atoms with Gasteiger partial charge in [0.1, 0.15) is 0 Å². The number of methoxy groups -OCH3 is 1. The van der Waals surface area contributed by atoms with Crippen LogP contribution in [-0.2, 0) is 11.8 Å². The number of rotatable bonds is 4. The van der Waals surface area contributed by atoms with E-state index >= 15 is 0 Å². The zero-order chi connectivity index (χ0) is 14.9. The van der Waals surface area contributed by atoms with E-state index in [-0.39, 0.29) is 11.5 Å². The molecule has 2 aromatic heterocycles. The maximum Gasteiger partial charge on any atom is 0.234 e. The molecule has 0 bridgehead atoms. The molecule has 112 valence electrons. The molecule has 6 heteroatoms. The Labute approximate surface area is 123 Å². The molecule has 0 amide bonds. The number of nitrogens with two attached hydrogens (primary N) is 1. The van der Waals surface area contributed by atoms with Gasteiger partial charge in [-0.3, -0.25) is 0 Å². The summed E-state index contributed by atoms with van der Waals surface area (Å²) in [7, 11) is 1.60. The molecule has 2 atom stereocenters. The average molecular weight is 288 g/mol. The van der Waals surface area contributed by atoms with Gasteiger partial charge >= 0.3 is 0 Å². The molecule has 2 heterocycles. The van der Waals surface area contributed by atoms with Crippen molar-refractivity contribution in [2.75, 3.05) is 7.11 Å². The molecule has 6 nitrogen and oxygen atoms in total. The molecule has 0 aromatic carbocycles. The van der Waals surface area contributed by atoms with Gasteiger partial charge in [0.05, 0.1) is 12.5 Å². The minimum atomic E-state index is -0.191. The summed E-state index contributed by atoms with van der Waals surface area (Å²) < 4.78 is 10.5. The SMILES string of the molecule is COc1ccc(Cc2noc(C3(C)CCCC3N)n2)cn1. The molecule has 2 unspecified atom stereocenters. The number of ether oxygens (including phenoxy) is 1. The van der Waals surface area contributed by atoms with E-state index in [9.17, 15) is 0 Å². The van der Waals surface area contributed by atoms with Crippen molar-refractivity contribution in [3.8, 4) is 5.88 Å². The van der Waals surface area contributed by atoms with Crippen LogP contribution in [0.5, 0.6) is 5.88 Å². The Hall–Kier alpha value is -1.95. The van der Waals surface area contributed by atoms with E-state index in [0.29, 0.717) is 24.0 Å². The van der Waals surface area contributed by atoms with Crippen LogP contribution < -0.4 is 10.5 Å². The van der Waals surface area contributed by atoms with E-state index in [1.54, 1.807) is 13.3 Å². The summed E-state index contributed by atoms with van der Waals surface area (Å²) in [6, 6.07) is 3.86. The van der Waals surface area contributed by atoms with Gasteiger partial charge in [0.2, 0.25) is 11.8 Å². The molecule has 0 aliphatic heterocycles. The van der Waals surface area contributed by atoms with Crippen LogP contribution in [0.1, 0.15) is 43.5 Å². The Morgan fingerprint density at radius 2 is 2.33 bits per heavy atom. The lowest BCUT2D eigenvalue weighted by Crippen LogP contribution is -2.38. The van der Waals surface area contributed by atoms with Gasteiger partial charge in [-0.05, 0) is 25.3 Å². The topological polar surface area (TPSA) is 87.1 Å². The molecular weight excluding hydrogens is 268 g/mol. The molecule has 2 aromatic rings. The lowest BCUT2D eigenvalue weighted by Gasteiger charge is -2.23. The van der Waals surface area contributed by atoms with Crippen LogP contribution in [0.25, 0.3) is 0 Å². The van der Waals surface area contributed by atoms with E-state index in [1.807, 2.05) is 12.1 Å². The summed E-state index contributed by atoms with van der Waals surface area (Å²) in [4.78, 5) is 8.71. The lowest BCUT2D eigenvalue weighted by molar-refractivity contribution is 0.276. The monoisotopic (exact) mass is 288 g/mol. The predicted octanol–water partition coefficient (Wildman–Crippen LogP) is 1.83. The number of nitrogens with zero attached hydrogens (tertiary/aromatic N) is 3. The van der Waals surface area contributed by atoms with Crippen molar-refractivity contribution >= 4 is 0 Å². The fourth-order valence-corrected chi connectivity index (χ4v) is 2.84. The van der Waals surface area contributed by atoms with Crippen LogP contribution in [-0.4, -0.2) is 28.3 Å². The summed E-state index contributed by atoms with van der Waals surface area (Å²) >= 11 is 0. The number of aromatic nitrogens is 3. The van der Waals surface area contributed by atoms with E-state index < -0.39 is 0 Å². The van der Waals surface area contributed by atoms with E-state index in [2.05, 4.69) is 22.0 Å². The van der Waals surface area contributed by atoms with Gasteiger partial charge in [0.25, 0.3) is 0 Å². The second-order valence-corrected chi connectivity index (χ2v) is 5.82. The fraction of sp³-hybridized carbons (Fsp3) is 0.533. The number of hydrogen-bond donors (Lipinski definition) is 1. The van der Waals surface area contributed by atoms with Gasteiger partial charge in [-0.25, -0.2) is 4.98 Å². The standard InChI is InChI=1S/C15H20N4O2/c1-15(7-3-4-11(15)16)14-18-12(19-21-14)8-10-5-6-13(20-2)17-9-10/h5-6,9,11H,3-4,7-8,16H2,1-2H3. The first-order chi connectivity index (χ1) is 10.1. The Kier molecular flexibility index (Phi) is 3.63. The van der Waals surface area contributed by atoms with Crippen molar-refractivity contribution in [3.63, 3.8) is 0 Å². The van der Waals surface area contributed by atoms with Crippen LogP contribution in [0.3, 0.4) is 0 Å². The largest absolute Gasteiger partial charge is 0.481 e. The van der Waals surface area contributed by atoms with Crippen molar-refractivity contribution in [2.45, 2.75) is 44.1 Å². The lowest BCUT2D eigenvalue weighted by atomic mass is 9.85. The minimum absolute atomic E-state index is 0.0912. The average Bonchev–Trinajstić information content (AvgIpc) is 3.09. The summed E-state index contributed by atoms with van der Waals surface area (Å²) in [6.45, 7) is 2.11. The zero-order valence-electron chi connectivity index (χ0n) is 12.4. The highest BCUT2D eigenvalue weighted by Gasteiger charge is 2.42. The van der Waals surface area contributed by atoms with E-state index in [4.69, 9.17) is 15.0 Å². The summed E-state index contributed by atoms with van der Waals surface area (Å²) in [5, 5.41) is 4.08. The zero-order valence-corrected chi connectivity index (χ0v) is 12.4. The van der Waals surface area contributed by atoms with Crippen LogP contribution in [0.4, 0.5) is 0 Å². The van der Waals surface area contributed by atoms with Gasteiger partial charge in [-0.2, -0.15) is 4.98 Å². The van der Waals surface area contributed by atoms with Crippen molar-refractivity contribution in [1.82, 2.24) is 15.1 Å². The maximum atomic E-state index is 6.19. The second-order valence-electron chi connectivity index (χ2n) is 5.82. The van der Waals surface area contributed by atoms with Gasteiger partial charge in [-0.15, -0.1) is 0 Å². The predicted molar refractivity (Wildman–Crippen MR) is 77.1 cm³/mol. The molecule has 1 saturated carbocycles. The van der Waals surface area contributed by atoms with Gasteiger partial charge < -0.3 is 15.0 Å². The third kappa shape index (κ3) is 2.63. The first-order valence-corrected chi connectivity index (χ1v) is 7.19. The van der Waals surface area contributed by atoms with E-state index in [1.165, 1.54) is 0 Å². The van der Waals surface area contributed by atoms with Gasteiger partial charge in [0, 0.05) is 24.7 Å². The summed E-state index contributed by atoms with van der Waals surface area (Å²) in [6.07, 6.45) is 5.47. The third-order valence-electron chi connectivity index (χ3n) is 4.36. The Morgan fingerprint density at radius 1 is 1.48 bits per heavy atom. The van der Waals surface area contributed by atoms with Crippen LogP contribution >= 0.6 is 0 Å².